The minimum absolute atomic E-state index is 0.146. The molecule has 6 rings (SSSR count). The van der Waals surface area contributed by atoms with Crippen molar-refractivity contribution < 1.29 is 27.5 Å². The number of piperidine rings is 2. The van der Waals surface area contributed by atoms with Crippen LogP contribution in [0, 0.1) is 18.8 Å². The molecular weight excluding hydrogens is 607 g/mol. The van der Waals surface area contributed by atoms with Crippen molar-refractivity contribution in [2.24, 2.45) is 11.8 Å². The summed E-state index contributed by atoms with van der Waals surface area (Å²) in [6, 6.07) is 6.84. The molecule has 1 saturated carbocycles. The number of rotatable bonds is 8. The number of hydrogen-bond donors (Lipinski definition) is 0. The van der Waals surface area contributed by atoms with Crippen molar-refractivity contribution in [2.75, 3.05) is 39.3 Å². The summed E-state index contributed by atoms with van der Waals surface area (Å²) < 4.78 is 50.0. The third-order valence-electron chi connectivity index (χ3n) is 11.3. The van der Waals surface area contributed by atoms with Crippen molar-refractivity contribution in [1.29, 1.82) is 0 Å². The first-order chi connectivity index (χ1) is 22.6. The largest absolute Gasteiger partial charge is 0.442 e. The van der Waals surface area contributed by atoms with Gasteiger partial charge in [0.1, 0.15) is 5.60 Å². The van der Waals surface area contributed by atoms with Gasteiger partial charge in [-0.2, -0.15) is 18.3 Å². The number of aromatic nitrogens is 2. The minimum atomic E-state index is -4.74. The van der Waals surface area contributed by atoms with Crippen LogP contribution in [0.1, 0.15) is 106 Å². The van der Waals surface area contributed by atoms with E-state index in [1.54, 1.807) is 24.3 Å². The molecule has 3 aliphatic heterocycles. The molecule has 258 valence electrons. The van der Waals surface area contributed by atoms with Gasteiger partial charge in [0.05, 0.1) is 17.4 Å². The van der Waals surface area contributed by atoms with Crippen molar-refractivity contribution >= 4 is 12.0 Å². The van der Waals surface area contributed by atoms with Crippen LogP contribution in [0.2, 0.25) is 0 Å². The average molecular weight is 658 g/mol. The van der Waals surface area contributed by atoms with Gasteiger partial charge in [0.25, 0.3) is 5.91 Å². The zero-order valence-electron chi connectivity index (χ0n) is 27.9. The van der Waals surface area contributed by atoms with E-state index in [0.717, 1.165) is 74.7 Å². The van der Waals surface area contributed by atoms with Gasteiger partial charge in [-0.3, -0.25) is 9.69 Å². The van der Waals surface area contributed by atoms with Gasteiger partial charge in [-0.05, 0) is 57.1 Å². The number of benzene rings is 1. The van der Waals surface area contributed by atoms with Gasteiger partial charge in [-0.1, -0.05) is 56.7 Å². The molecule has 1 aromatic carbocycles. The second-order valence-electron chi connectivity index (χ2n) is 14.4. The maximum Gasteiger partial charge on any atom is 0.434 e. The lowest BCUT2D eigenvalue weighted by atomic mass is 9.75. The molecule has 1 aromatic heterocycles. The van der Waals surface area contributed by atoms with Gasteiger partial charge < -0.3 is 14.5 Å². The van der Waals surface area contributed by atoms with E-state index in [0.29, 0.717) is 37.8 Å². The first kappa shape index (κ1) is 33.8. The Labute approximate surface area is 276 Å². The molecule has 4 fully saturated rings. The predicted molar refractivity (Wildman–Crippen MR) is 173 cm³/mol. The number of unbranched alkanes of at least 4 members (excludes halogenated alkanes) is 1. The first-order valence-electron chi connectivity index (χ1n) is 17.8. The third kappa shape index (κ3) is 7.34. The number of aryl methyl sites for hydroxylation is 1. The molecule has 3 saturated heterocycles. The Morgan fingerprint density at radius 3 is 2.32 bits per heavy atom. The number of nitrogens with zero attached hydrogens (tertiary/aromatic N) is 5. The quantitative estimate of drug-likeness (QED) is 0.295. The Kier molecular flexibility index (Phi) is 10.2. The highest BCUT2D eigenvalue weighted by Crippen LogP contribution is 2.42. The van der Waals surface area contributed by atoms with Crippen molar-refractivity contribution in [1.82, 2.24) is 24.5 Å². The van der Waals surface area contributed by atoms with Crippen LogP contribution in [0.3, 0.4) is 0 Å². The molecule has 1 aliphatic carbocycles. The zero-order valence-corrected chi connectivity index (χ0v) is 27.9. The van der Waals surface area contributed by atoms with E-state index in [9.17, 15) is 22.8 Å². The zero-order chi connectivity index (χ0) is 33.2. The molecule has 1 atom stereocenters. The van der Waals surface area contributed by atoms with Crippen LogP contribution >= 0.6 is 0 Å². The first-order valence-corrected chi connectivity index (χ1v) is 17.8. The van der Waals surface area contributed by atoms with E-state index in [-0.39, 0.29) is 17.8 Å². The molecule has 8 nitrogen and oxygen atoms in total. The van der Waals surface area contributed by atoms with E-state index in [4.69, 9.17) is 4.74 Å². The summed E-state index contributed by atoms with van der Waals surface area (Å²) in [5.74, 6) is 0.285. The van der Waals surface area contributed by atoms with Gasteiger partial charge in [0.2, 0.25) is 0 Å². The monoisotopic (exact) mass is 657 g/mol. The second-order valence-corrected chi connectivity index (χ2v) is 14.4. The summed E-state index contributed by atoms with van der Waals surface area (Å²) in [5.41, 5.74) is -0.683. The average Bonchev–Trinajstić information content (AvgIpc) is 3.53. The van der Waals surface area contributed by atoms with Crippen molar-refractivity contribution in [3.63, 3.8) is 0 Å². The lowest BCUT2D eigenvalue weighted by Gasteiger charge is -2.52. The van der Waals surface area contributed by atoms with Gasteiger partial charge >= 0.3 is 12.3 Å². The summed E-state index contributed by atoms with van der Waals surface area (Å²) in [4.78, 5) is 32.8. The number of amides is 2. The maximum absolute atomic E-state index is 14.3. The van der Waals surface area contributed by atoms with Crippen LogP contribution in [-0.2, 0) is 10.9 Å². The molecule has 2 amide bonds. The van der Waals surface area contributed by atoms with E-state index in [2.05, 4.69) is 16.9 Å². The third-order valence-corrected chi connectivity index (χ3v) is 11.3. The fourth-order valence-electron chi connectivity index (χ4n) is 8.51. The highest BCUT2D eigenvalue weighted by atomic mass is 19.4. The molecule has 0 radical (unpaired) electrons. The molecule has 0 N–H and O–H groups in total. The standard InChI is InChI=1S/C36H50F3N5O3/c1-3-4-10-28-25-43(24-27-8-6-5-7-9-27)34(46)47-35(28)17-21-41(22-18-35)29-15-19-42(20-16-29)33(45)31-23-40-44(32(31)36(37,38)39)30-13-11-26(2)12-14-30/h11-14,23,27-29H,3-10,15-22,24-25H2,1-2H3. The fourth-order valence-corrected chi connectivity index (χ4v) is 8.51. The molecule has 1 spiro atoms. The van der Waals surface area contributed by atoms with Gasteiger partial charge in [0, 0.05) is 64.1 Å². The molecule has 4 aliphatic rings. The Morgan fingerprint density at radius 2 is 1.68 bits per heavy atom. The smallest absolute Gasteiger partial charge is 0.434 e. The molecule has 0 bridgehead atoms. The van der Waals surface area contributed by atoms with E-state index in [1.165, 1.54) is 37.0 Å². The predicted octanol–water partition coefficient (Wildman–Crippen LogP) is 7.48. The van der Waals surface area contributed by atoms with Crippen molar-refractivity contribution in [2.45, 2.75) is 109 Å². The highest BCUT2D eigenvalue weighted by Gasteiger charge is 2.50. The molecule has 4 heterocycles. The number of hydrogen-bond acceptors (Lipinski definition) is 5. The lowest BCUT2D eigenvalue weighted by molar-refractivity contribution is -0.143. The molecule has 1 unspecified atom stereocenters. The lowest BCUT2D eigenvalue weighted by Crippen LogP contribution is -2.61. The van der Waals surface area contributed by atoms with Crippen LogP contribution in [0.15, 0.2) is 30.5 Å². The summed E-state index contributed by atoms with van der Waals surface area (Å²) >= 11 is 0. The highest BCUT2D eigenvalue weighted by molar-refractivity contribution is 5.95. The summed E-state index contributed by atoms with van der Waals surface area (Å²) in [6.07, 6.45) is 8.68. The Bertz CT molecular complexity index is 1370. The van der Waals surface area contributed by atoms with Gasteiger partial charge in [-0.15, -0.1) is 0 Å². The van der Waals surface area contributed by atoms with Crippen LogP contribution in [0.5, 0.6) is 0 Å². The number of ether oxygens (including phenoxy) is 1. The molecular formula is C36H50F3N5O3. The number of alkyl halides is 3. The molecule has 2 aromatic rings. The SMILES string of the molecule is CCCCC1CN(CC2CCCCC2)C(=O)OC12CCN(C1CCN(C(=O)c3cnn(-c4ccc(C)cc4)c3C(F)(F)F)CC1)CC2. The Balaban J connectivity index is 1.06. The van der Waals surface area contributed by atoms with E-state index in [1.807, 2.05) is 11.8 Å². The molecule has 47 heavy (non-hydrogen) atoms. The normalized spacial score (nSPS) is 23.3. The maximum atomic E-state index is 14.3. The van der Waals surface area contributed by atoms with Crippen LogP contribution < -0.4 is 0 Å². The van der Waals surface area contributed by atoms with Gasteiger partial charge in [-0.25, -0.2) is 9.48 Å². The summed E-state index contributed by atoms with van der Waals surface area (Å²) in [6.45, 7) is 8.09. The Morgan fingerprint density at radius 1 is 1.00 bits per heavy atom. The molecule has 11 heteroatoms. The van der Waals surface area contributed by atoms with E-state index < -0.39 is 28.9 Å². The number of carbonyl (C=O) groups excluding carboxylic acids is 2. The summed E-state index contributed by atoms with van der Waals surface area (Å²) in [5, 5.41) is 3.99. The fraction of sp³-hybridized carbons (Fsp3) is 0.694. The number of carbonyl (C=O) groups is 2. The van der Waals surface area contributed by atoms with Crippen LogP contribution in [0.4, 0.5) is 18.0 Å². The number of halogens is 3. The van der Waals surface area contributed by atoms with Crippen molar-refractivity contribution in [3.05, 3.63) is 47.3 Å². The van der Waals surface area contributed by atoms with Gasteiger partial charge in [0.15, 0.2) is 5.69 Å². The summed E-state index contributed by atoms with van der Waals surface area (Å²) in [7, 11) is 0. The second kappa shape index (κ2) is 14.2. The van der Waals surface area contributed by atoms with Crippen molar-refractivity contribution in [3.8, 4) is 5.69 Å². The van der Waals surface area contributed by atoms with E-state index >= 15 is 0 Å². The topological polar surface area (TPSA) is 70.9 Å². The van der Waals surface area contributed by atoms with Crippen LogP contribution in [0.25, 0.3) is 5.69 Å². The number of likely N-dealkylation sites (tertiary alicyclic amines) is 2. The minimum Gasteiger partial charge on any atom is -0.442 e. The Hall–Kier alpha value is -3.08. The van der Waals surface area contributed by atoms with Crippen LogP contribution in [-0.4, -0.2) is 87.4 Å².